The molecule has 100 valence electrons. The van der Waals surface area contributed by atoms with E-state index in [1.807, 2.05) is 0 Å². The second kappa shape index (κ2) is 5.78. The van der Waals surface area contributed by atoms with Crippen LogP contribution < -0.4 is 4.74 Å². The van der Waals surface area contributed by atoms with Crippen LogP contribution in [0.2, 0.25) is 10.0 Å². The van der Waals surface area contributed by atoms with Crippen LogP contribution in [-0.4, -0.2) is 4.92 Å². The molecular formula is C13H6Cl2N2O3. The van der Waals surface area contributed by atoms with Crippen LogP contribution in [0, 0.1) is 21.4 Å². The van der Waals surface area contributed by atoms with Crippen molar-refractivity contribution in [1.29, 1.82) is 5.26 Å². The molecule has 2 aromatic carbocycles. The smallest absolute Gasteiger partial charge is 0.290 e. The molecule has 0 aliphatic rings. The van der Waals surface area contributed by atoms with E-state index in [2.05, 4.69) is 0 Å². The summed E-state index contributed by atoms with van der Waals surface area (Å²) in [7, 11) is 0. The fraction of sp³-hybridized carbons (Fsp3) is 0. The minimum Gasteiger partial charge on any atom is -0.456 e. The third-order valence-electron chi connectivity index (χ3n) is 2.41. The van der Waals surface area contributed by atoms with E-state index in [1.165, 1.54) is 24.3 Å². The molecule has 0 saturated heterocycles. The lowest BCUT2D eigenvalue weighted by molar-refractivity contribution is -0.385. The summed E-state index contributed by atoms with van der Waals surface area (Å²) in [5.41, 5.74) is -0.361. The standard InChI is InChI=1S/C13H6Cl2N2O3/c14-9-2-4-13(11(15)5-9)20-10-3-1-8(7-16)12(6-10)17(18)19/h1-6H. The highest BCUT2D eigenvalue weighted by Crippen LogP contribution is 2.33. The quantitative estimate of drug-likeness (QED) is 0.615. The highest BCUT2D eigenvalue weighted by molar-refractivity contribution is 6.35. The first-order valence-electron chi connectivity index (χ1n) is 5.32. The molecule has 2 aromatic rings. The number of benzene rings is 2. The maximum absolute atomic E-state index is 10.9. The minimum absolute atomic E-state index is 0.0375. The normalized spacial score (nSPS) is 9.85. The molecule has 0 saturated carbocycles. The fourth-order valence-corrected chi connectivity index (χ4v) is 1.95. The zero-order chi connectivity index (χ0) is 14.7. The van der Waals surface area contributed by atoms with Crippen molar-refractivity contribution in [2.24, 2.45) is 0 Å². The summed E-state index contributed by atoms with van der Waals surface area (Å²) in [6.45, 7) is 0. The van der Waals surface area contributed by atoms with E-state index in [1.54, 1.807) is 18.2 Å². The Hall–Kier alpha value is -2.29. The van der Waals surface area contributed by atoms with Gasteiger partial charge in [-0.05, 0) is 30.3 Å². The lowest BCUT2D eigenvalue weighted by Crippen LogP contribution is -1.93. The van der Waals surface area contributed by atoms with E-state index >= 15 is 0 Å². The van der Waals surface area contributed by atoms with E-state index in [0.717, 1.165) is 0 Å². The Bertz CT molecular complexity index is 726. The minimum atomic E-state index is -0.644. The molecule has 0 radical (unpaired) electrons. The molecule has 0 spiro atoms. The Kier molecular flexibility index (Phi) is 4.08. The second-order valence-corrected chi connectivity index (χ2v) is 4.57. The average Bonchev–Trinajstić information content (AvgIpc) is 2.41. The largest absolute Gasteiger partial charge is 0.456 e. The Morgan fingerprint density at radius 1 is 1.20 bits per heavy atom. The van der Waals surface area contributed by atoms with Crippen LogP contribution in [0.15, 0.2) is 36.4 Å². The van der Waals surface area contributed by atoms with Gasteiger partial charge in [0.1, 0.15) is 23.1 Å². The van der Waals surface area contributed by atoms with Crippen LogP contribution in [0.4, 0.5) is 5.69 Å². The van der Waals surface area contributed by atoms with Gasteiger partial charge in [0, 0.05) is 5.02 Å². The number of hydrogen-bond acceptors (Lipinski definition) is 4. The maximum Gasteiger partial charge on any atom is 0.290 e. The van der Waals surface area contributed by atoms with Gasteiger partial charge in [0.25, 0.3) is 5.69 Å². The van der Waals surface area contributed by atoms with Gasteiger partial charge < -0.3 is 4.74 Å². The van der Waals surface area contributed by atoms with Crippen molar-refractivity contribution in [1.82, 2.24) is 0 Å². The molecule has 0 unspecified atom stereocenters. The summed E-state index contributed by atoms with van der Waals surface area (Å²) in [6.07, 6.45) is 0. The number of nitro groups is 1. The molecular weight excluding hydrogens is 303 g/mol. The molecule has 0 heterocycles. The lowest BCUT2D eigenvalue weighted by atomic mass is 10.2. The topological polar surface area (TPSA) is 76.2 Å². The Labute approximate surface area is 124 Å². The third-order valence-corrected chi connectivity index (χ3v) is 2.94. The molecule has 0 aliphatic carbocycles. The Morgan fingerprint density at radius 2 is 1.95 bits per heavy atom. The number of rotatable bonds is 3. The van der Waals surface area contributed by atoms with Crippen LogP contribution in [-0.2, 0) is 0 Å². The zero-order valence-electron chi connectivity index (χ0n) is 9.84. The van der Waals surface area contributed by atoms with Crippen LogP contribution >= 0.6 is 23.2 Å². The lowest BCUT2D eigenvalue weighted by Gasteiger charge is -2.07. The molecule has 7 heteroatoms. The monoisotopic (exact) mass is 308 g/mol. The number of nitro benzene ring substituents is 1. The summed E-state index contributed by atoms with van der Waals surface area (Å²) in [4.78, 5) is 10.2. The van der Waals surface area contributed by atoms with Crippen molar-refractivity contribution in [3.8, 4) is 17.6 Å². The van der Waals surface area contributed by atoms with Crippen molar-refractivity contribution in [2.75, 3.05) is 0 Å². The molecule has 0 atom stereocenters. The van der Waals surface area contributed by atoms with E-state index < -0.39 is 4.92 Å². The summed E-state index contributed by atoms with van der Waals surface area (Å²) >= 11 is 11.7. The zero-order valence-corrected chi connectivity index (χ0v) is 11.4. The first kappa shape index (κ1) is 14.1. The summed E-state index contributed by atoms with van der Waals surface area (Å²) < 4.78 is 5.45. The van der Waals surface area contributed by atoms with E-state index in [4.69, 9.17) is 33.2 Å². The molecule has 0 N–H and O–H groups in total. The molecule has 0 fully saturated rings. The highest BCUT2D eigenvalue weighted by atomic mass is 35.5. The van der Waals surface area contributed by atoms with Crippen LogP contribution in [0.25, 0.3) is 0 Å². The van der Waals surface area contributed by atoms with E-state index in [9.17, 15) is 10.1 Å². The number of ether oxygens (including phenoxy) is 1. The average molecular weight is 309 g/mol. The summed E-state index contributed by atoms with van der Waals surface area (Å²) in [6, 6.07) is 10.3. The van der Waals surface area contributed by atoms with Crippen LogP contribution in [0.1, 0.15) is 5.56 Å². The Balaban J connectivity index is 2.37. The summed E-state index contributed by atoms with van der Waals surface area (Å²) in [5, 5.41) is 20.4. The van der Waals surface area contributed by atoms with E-state index in [-0.39, 0.29) is 22.0 Å². The molecule has 2 rings (SSSR count). The number of hydrogen-bond donors (Lipinski definition) is 0. The van der Waals surface area contributed by atoms with Gasteiger partial charge in [0.2, 0.25) is 0 Å². The molecule has 5 nitrogen and oxygen atoms in total. The van der Waals surface area contributed by atoms with Gasteiger partial charge in [0.05, 0.1) is 16.0 Å². The summed E-state index contributed by atoms with van der Waals surface area (Å²) in [5.74, 6) is 0.523. The van der Waals surface area contributed by atoms with Crippen LogP contribution in [0.3, 0.4) is 0 Å². The fourth-order valence-electron chi connectivity index (χ4n) is 1.51. The van der Waals surface area contributed by atoms with Gasteiger partial charge in [-0.3, -0.25) is 10.1 Å². The van der Waals surface area contributed by atoms with Crippen molar-refractivity contribution in [3.63, 3.8) is 0 Å². The molecule has 20 heavy (non-hydrogen) atoms. The van der Waals surface area contributed by atoms with Crippen molar-refractivity contribution >= 4 is 28.9 Å². The predicted octanol–water partition coefficient (Wildman–Crippen LogP) is 4.57. The van der Waals surface area contributed by atoms with Gasteiger partial charge in [0.15, 0.2) is 0 Å². The first-order valence-corrected chi connectivity index (χ1v) is 6.08. The van der Waals surface area contributed by atoms with Crippen LogP contribution in [0.5, 0.6) is 11.5 Å². The van der Waals surface area contributed by atoms with Gasteiger partial charge in [-0.2, -0.15) is 5.26 Å². The van der Waals surface area contributed by atoms with Gasteiger partial charge in [-0.15, -0.1) is 0 Å². The van der Waals surface area contributed by atoms with Gasteiger partial charge in [-0.25, -0.2) is 0 Å². The van der Waals surface area contributed by atoms with Gasteiger partial charge in [-0.1, -0.05) is 23.2 Å². The number of nitriles is 1. The maximum atomic E-state index is 10.9. The van der Waals surface area contributed by atoms with Crippen molar-refractivity contribution < 1.29 is 9.66 Å². The van der Waals surface area contributed by atoms with Crippen molar-refractivity contribution in [3.05, 3.63) is 62.1 Å². The first-order chi connectivity index (χ1) is 9.51. The molecule has 0 bridgehead atoms. The van der Waals surface area contributed by atoms with E-state index in [0.29, 0.717) is 10.8 Å². The number of halogens is 2. The number of nitrogens with zero attached hydrogens (tertiary/aromatic N) is 2. The Morgan fingerprint density at radius 3 is 2.55 bits per heavy atom. The molecule has 0 aliphatic heterocycles. The van der Waals surface area contributed by atoms with Crippen molar-refractivity contribution in [2.45, 2.75) is 0 Å². The van der Waals surface area contributed by atoms with Gasteiger partial charge >= 0.3 is 0 Å². The molecule has 0 aromatic heterocycles. The molecule has 0 amide bonds. The highest BCUT2D eigenvalue weighted by Gasteiger charge is 2.15. The third kappa shape index (κ3) is 2.99. The SMILES string of the molecule is N#Cc1ccc(Oc2ccc(Cl)cc2Cl)cc1[N+](=O)[O-]. The second-order valence-electron chi connectivity index (χ2n) is 3.72. The predicted molar refractivity (Wildman–Crippen MR) is 74.3 cm³/mol.